The predicted molar refractivity (Wildman–Crippen MR) is 69.4 cm³/mol. The summed E-state index contributed by atoms with van der Waals surface area (Å²) in [6.07, 6.45) is 10.3. The molecule has 0 saturated heterocycles. The van der Waals surface area contributed by atoms with Gasteiger partial charge in [-0.05, 0) is 30.7 Å². The lowest BCUT2D eigenvalue weighted by molar-refractivity contribution is 0.481. The Hall–Kier alpha value is -0.890. The average Bonchev–Trinajstić information content (AvgIpc) is 2.34. The third-order valence-electron chi connectivity index (χ3n) is 2.91. The summed E-state index contributed by atoms with van der Waals surface area (Å²) < 4.78 is 0. The van der Waals surface area contributed by atoms with Gasteiger partial charge in [0.1, 0.15) is 0 Å². The largest absolute Gasteiger partial charge is 0.310 e. The van der Waals surface area contributed by atoms with Gasteiger partial charge in [0.05, 0.1) is 0 Å². The molecule has 0 amide bonds. The van der Waals surface area contributed by atoms with Gasteiger partial charge in [-0.15, -0.1) is 0 Å². The van der Waals surface area contributed by atoms with Crippen LogP contribution in [0, 0.1) is 0 Å². The highest BCUT2D eigenvalue weighted by molar-refractivity contribution is 5.14. The monoisotopic (exact) mass is 220 g/mol. The fourth-order valence-corrected chi connectivity index (χ4v) is 2.00. The number of pyridine rings is 1. The Balaban J connectivity index is 2.41. The van der Waals surface area contributed by atoms with Gasteiger partial charge in [-0.1, -0.05) is 39.5 Å². The lowest BCUT2D eigenvalue weighted by Crippen LogP contribution is -2.20. The van der Waals surface area contributed by atoms with E-state index < -0.39 is 0 Å². The quantitative estimate of drug-likeness (QED) is 0.676. The molecule has 2 heteroatoms. The van der Waals surface area contributed by atoms with Crippen molar-refractivity contribution in [3.05, 3.63) is 30.1 Å². The maximum absolute atomic E-state index is 4.07. The molecule has 1 heterocycles. The number of nitrogens with zero attached hydrogens (tertiary/aromatic N) is 1. The van der Waals surface area contributed by atoms with Crippen LogP contribution in [0.3, 0.4) is 0 Å². The molecule has 1 aromatic heterocycles. The summed E-state index contributed by atoms with van der Waals surface area (Å²) in [4.78, 5) is 4.07. The molecule has 1 rings (SSSR count). The van der Waals surface area contributed by atoms with Crippen LogP contribution in [0.2, 0.25) is 0 Å². The molecule has 2 nitrogen and oxygen atoms in total. The van der Waals surface area contributed by atoms with Gasteiger partial charge in [-0.25, -0.2) is 0 Å². The van der Waals surface area contributed by atoms with E-state index in [1.54, 1.807) is 0 Å². The fraction of sp³-hybridized carbons (Fsp3) is 0.643. The van der Waals surface area contributed by atoms with Gasteiger partial charge in [0, 0.05) is 18.4 Å². The van der Waals surface area contributed by atoms with Crippen LogP contribution in [-0.4, -0.2) is 11.5 Å². The SMILES string of the molecule is CCCCCCC(NCC)c1ccncc1. The van der Waals surface area contributed by atoms with Crippen molar-refractivity contribution in [1.29, 1.82) is 0 Å². The summed E-state index contributed by atoms with van der Waals surface area (Å²) in [6, 6.07) is 4.74. The van der Waals surface area contributed by atoms with Gasteiger partial charge >= 0.3 is 0 Å². The standard InChI is InChI=1S/C14H24N2/c1-3-5-6-7-8-14(16-4-2)13-9-11-15-12-10-13/h9-12,14,16H,3-8H2,1-2H3. The molecule has 16 heavy (non-hydrogen) atoms. The van der Waals surface area contributed by atoms with Crippen LogP contribution in [0.4, 0.5) is 0 Å². The third-order valence-corrected chi connectivity index (χ3v) is 2.91. The lowest BCUT2D eigenvalue weighted by atomic mass is 10.0. The summed E-state index contributed by atoms with van der Waals surface area (Å²) in [5.74, 6) is 0. The van der Waals surface area contributed by atoms with Crippen LogP contribution < -0.4 is 5.32 Å². The first-order valence-electron chi connectivity index (χ1n) is 6.51. The van der Waals surface area contributed by atoms with Crippen LogP contribution in [0.15, 0.2) is 24.5 Å². The van der Waals surface area contributed by atoms with Crippen LogP contribution in [0.5, 0.6) is 0 Å². The number of nitrogens with one attached hydrogen (secondary N) is 1. The maximum Gasteiger partial charge on any atom is 0.0321 e. The van der Waals surface area contributed by atoms with Crippen molar-refractivity contribution >= 4 is 0 Å². The molecular formula is C14H24N2. The Morgan fingerprint density at radius 3 is 2.50 bits per heavy atom. The molecule has 1 atom stereocenters. The molecule has 0 saturated carbocycles. The highest BCUT2D eigenvalue weighted by atomic mass is 14.9. The van der Waals surface area contributed by atoms with E-state index in [0.29, 0.717) is 6.04 Å². The first-order chi connectivity index (χ1) is 7.88. The van der Waals surface area contributed by atoms with Crippen molar-refractivity contribution < 1.29 is 0 Å². The number of unbranched alkanes of at least 4 members (excludes halogenated alkanes) is 3. The molecular weight excluding hydrogens is 196 g/mol. The van der Waals surface area contributed by atoms with E-state index in [2.05, 4.69) is 36.3 Å². The minimum absolute atomic E-state index is 0.504. The highest BCUT2D eigenvalue weighted by Crippen LogP contribution is 2.19. The Morgan fingerprint density at radius 2 is 1.88 bits per heavy atom. The molecule has 0 fully saturated rings. The molecule has 90 valence electrons. The van der Waals surface area contributed by atoms with E-state index in [-0.39, 0.29) is 0 Å². The van der Waals surface area contributed by atoms with E-state index in [0.717, 1.165) is 6.54 Å². The number of hydrogen-bond donors (Lipinski definition) is 1. The van der Waals surface area contributed by atoms with Crippen molar-refractivity contribution in [2.45, 2.75) is 52.0 Å². The van der Waals surface area contributed by atoms with E-state index in [4.69, 9.17) is 0 Å². The van der Waals surface area contributed by atoms with E-state index in [1.165, 1.54) is 37.7 Å². The van der Waals surface area contributed by atoms with Gasteiger partial charge < -0.3 is 5.32 Å². The zero-order valence-electron chi connectivity index (χ0n) is 10.6. The zero-order valence-corrected chi connectivity index (χ0v) is 10.6. The Morgan fingerprint density at radius 1 is 1.12 bits per heavy atom. The zero-order chi connectivity index (χ0) is 11.6. The highest BCUT2D eigenvalue weighted by Gasteiger charge is 2.08. The van der Waals surface area contributed by atoms with E-state index >= 15 is 0 Å². The Bertz CT molecular complexity index is 259. The molecule has 0 radical (unpaired) electrons. The molecule has 1 N–H and O–H groups in total. The van der Waals surface area contributed by atoms with Crippen molar-refractivity contribution in [1.82, 2.24) is 10.3 Å². The smallest absolute Gasteiger partial charge is 0.0321 e. The normalized spacial score (nSPS) is 12.6. The Labute approximate surface area is 99.5 Å². The molecule has 0 bridgehead atoms. The maximum atomic E-state index is 4.07. The second kappa shape index (κ2) is 8.28. The summed E-state index contributed by atoms with van der Waals surface area (Å²) in [7, 11) is 0. The van der Waals surface area contributed by atoms with Crippen molar-refractivity contribution in [3.63, 3.8) is 0 Å². The Kier molecular flexibility index (Phi) is 6.82. The predicted octanol–water partition coefficient (Wildman–Crippen LogP) is 3.70. The molecule has 0 aromatic carbocycles. The molecule has 0 aliphatic carbocycles. The molecule has 0 spiro atoms. The van der Waals surface area contributed by atoms with Crippen molar-refractivity contribution in [2.24, 2.45) is 0 Å². The number of aromatic nitrogens is 1. The van der Waals surface area contributed by atoms with Gasteiger partial charge in [-0.2, -0.15) is 0 Å². The van der Waals surface area contributed by atoms with Crippen LogP contribution in [-0.2, 0) is 0 Å². The lowest BCUT2D eigenvalue weighted by Gasteiger charge is -2.17. The summed E-state index contributed by atoms with van der Waals surface area (Å²) in [6.45, 7) is 5.45. The van der Waals surface area contributed by atoms with Crippen molar-refractivity contribution in [2.75, 3.05) is 6.54 Å². The topological polar surface area (TPSA) is 24.9 Å². The second-order valence-electron chi connectivity index (χ2n) is 4.24. The summed E-state index contributed by atoms with van der Waals surface area (Å²) >= 11 is 0. The van der Waals surface area contributed by atoms with Crippen LogP contribution >= 0.6 is 0 Å². The first-order valence-corrected chi connectivity index (χ1v) is 6.51. The fourth-order valence-electron chi connectivity index (χ4n) is 2.00. The van der Waals surface area contributed by atoms with Gasteiger partial charge in [0.25, 0.3) is 0 Å². The van der Waals surface area contributed by atoms with Crippen LogP contribution in [0.25, 0.3) is 0 Å². The molecule has 0 aliphatic heterocycles. The van der Waals surface area contributed by atoms with Gasteiger partial charge in [0.15, 0.2) is 0 Å². The molecule has 1 aromatic rings. The minimum Gasteiger partial charge on any atom is -0.310 e. The summed E-state index contributed by atoms with van der Waals surface area (Å²) in [5, 5.41) is 3.55. The van der Waals surface area contributed by atoms with E-state index in [1.807, 2.05) is 12.4 Å². The first kappa shape index (κ1) is 13.2. The number of hydrogen-bond acceptors (Lipinski definition) is 2. The van der Waals surface area contributed by atoms with Crippen LogP contribution in [0.1, 0.15) is 57.6 Å². The molecule has 1 unspecified atom stereocenters. The third kappa shape index (κ3) is 4.75. The average molecular weight is 220 g/mol. The number of rotatable bonds is 8. The second-order valence-corrected chi connectivity index (χ2v) is 4.24. The van der Waals surface area contributed by atoms with E-state index in [9.17, 15) is 0 Å². The van der Waals surface area contributed by atoms with Crippen molar-refractivity contribution in [3.8, 4) is 0 Å². The summed E-state index contributed by atoms with van der Waals surface area (Å²) in [5.41, 5.74) is 1.37. The van der Waals surface area contributed by atoms with Gasteiger partial charge in [-0.3, -0.25) is 4.98 Å². The minimum atomic E-state index is 0.504. The molecule has 0 aliphatic rings. The van der Waals surface area contributed by atoms with Gasteiger partial charge in [0.2, 0.25) is 0 Å².